The van der Waals surface area contributed by atoms with Crippen LogP contribution in [-0.4, -0.2) is 13.1 Å². The molecule has 1 N–H and O–H groups in total. The summed E-state index contributed by atoms with van der Waals surface area (Å²) in [5.74, 6) is 0.537. The quantitative estimate of drug-likeness (QED) is 0.808. The SMILES string of the molecule is CC(C)CNCC1(Cc2cc(F)cc(Br)c2)CCC1. The minimum atomic E-state index is -0.144. The number of hydrogen-bond acceptors (Lipinski definition) is 1. The second-order valence-electron chi connectivity index (χ2n) is 6.33. The van der Waals surface area contributed by atoms with E-state index in [9.17, 15) is 4.39 Å². The largest absolute Gasteiger partial charge is 0.316 e. The molecule has 0 unspecified atom stereocenters. The van der Waals surface area contributed by atoms with Crippen molar-refractivity contribution in [2.24, 2.45) is 11.3 Å². The van der Waals surface area contributed by atoms with Crippen LogP contribution in [0.25, 0.3) is 0 Å². The zero-order valence-corrected chi connectivity index (χ0v) is 13.4. The van der Waals surface area contributed by atoms with Crippen LogP contribution in [0, 0.1) is 17.2 Å². The molecule has 0 aromatic heterocycles. The van der Waals surface area contributed by atoms with E-state index in [4.69, 9.17) is 0 Å². The van der Waals surface area contributed by atoms with Gasteiger partial charge in [-0.2, -0.15) is 0 Å². The van der Waals surface area contributed by atoms with Gasteiger partial charge in [-0.3, -0.25) is 0 Å². The van der Waals surface area contributed by atoms with E-state index in [2.05, 4.69) is 35.1 Å². The Hall–Kier alpha value is -0.410. The van der Waals surface area contributed by atoms with Crippen LogP contribution < -0.4 is 5.32 Å². The maximum Gasteiger partial charge on any atom is 0.124 e. The average molecular weight is 328 g/mol. The number of rotatable bonds is 6. The first kappa shape index (κ1) is 15.0. The third kappa shape index (κ3) is 4.28. The fraction of sp³-hybridized carbons (Fsp3) is 0.625. The van der Waals surface area contributed by atoms with Gasteiger partial charge < -0.3 is 5.32 Å². The van der Waals surface area contributed by atoms with Crippen molar-refractivity contribution in [1.82, 2.24) is 5.32 Å². The Morgan fingerprint density at radius 2 is 2.05 bits per heavy atom. The van der Waals surface area contributed by atoms with Gasteiger partial charge in [-0.15, -0.1) is 0 Å². The lowest BCUT2D eigenvalue weighted by molar-refractivity contribution is 0.129. The minimum absolute atomic E-state index is 0.144. The van der Waals surface area contributed by atoms with Crippen molar-refractivity contribution in [1.29, 1.82) is 0 Å². The van der Waals surface area contributed by atoms with Crippen molar-refractivity contribution in [3.8, 4) is 0 Å². The first-order valence-electron chi connectivity index (χ1n) is 7.15. The third-order valence-corrected chi connectivity index (χ3v) is 4.43. The Balaban J connectivity index is 1.97. The summed E-state index contributed by atoms with van der Waals surface area (Å²) in [7, 11) is 0. The lowest BCUT2D eigenvalue weighted by Crippen LogP contribution is -2.42. The molecule has 0 saturated heterocycles. The third-order valence-electron chi connectivity index (χ3n) is 3.97. The Morgan fingerprint density at radius 1 is 1.32 bits per heavy atom. The van der Waals surface area contributed by atoms with Crippen molar-refractivity contribution in [3.63, 3.8) is 0 Å². The van der Waals surface area contributed by atoms with Gasteiger partial charge in [0, 0.05) is 11.0 Å². The lowest BCUT2D eigenvalue weighted by atomic mass is 9.65. The maximum atomic E-state index is 13.4. The highest BCUT2D eigenvalue weighted by Crippen LogP contribution is 2.43. The molecule has 1 saturated carbocycles. The van der Waals surface area contributed by atoms with Gasteiger partial charge in [0.05, 0.1) is 0 Å². The molecule has 0 amide bonds. The summed E-state index contributed by atoms with van der Waals surface area (Å²) in [5.41, 5.74) is 1.46. The first-order chi connectivity index (χ1) is 8.99. The predicted octanol–water partition coefficient (Wildman–Crippen LogP) is 4.55. The number of nitrogens with one attached hydrogen (secondary N) is 1. The molecule has 1 aromatic carbocycles. The zero-order chi connectivity index (χ0) is 13.9. The molecule has 0 atom stereocenters. The van der Waals surface area contributed by atoms with Gasteiger partial charge in [0.15, 0.2) is 0 Å². The fourth-order valence-electron chi connectivity index (χ4n) is 2.86. The molecule has 1 aliphatic rings. The molecule has 1 fully saturated rings. The Labute approximate surface area is 124 Å². The molecule has 1 nitrogen and oxygen atoms in total. The Morgan fingerprint density at radius 3 is 2.58 bits per heavy atom. The summed E-state index contributed by atoms with van der Waals surface area (Å²) in [5, 5.41) is 3.57. The molecule has 106 valence electrons. The van der Waals surface area contributed by atoms with E-state index in [-0.39, 0.29) is 5.82 Å². The number of hydrogen-bond donors (Lipinski definition) is 1. The molecular formula is C16H23BrFN. The van der Waals surface area contributed by atoms with Crippen LogP contribution in [0.5, 0.6) is 0 Å². The Kier molecular flexibility index (Phi) is 5.02. The second-order valence-corrected chi connectivity index (χ2v) is 7.25. The van der Waals surface area contributed by atoms with E-state index in [1.54, 1.807) is 6.07 Å². The van der Waals surface area contributed by atoms with Gasteiger partial charge in [-0.05, 0) is 60.9 Å². The van der Waals surface area contributed by atoms with E-state index in [1.807, 2.05) is 6.07 Å². The summed E-state index contributed by atoms with van der Waals surface area (Å²) < 4.78 is 14.3. The first-order valence-corrected chi connectivity index (χ1v) is 7.94. The van der Waals surface area contributed by atoms with E-state index >= 15 is 0 Å². The molecule has 1 aliphatic carbocycles. The number of halogens is 2. The lowest BCUT2D eigenvalue weighted by Gasteiger charge is -2.42. The van der Waals surface area contributed by atoms with E-state index in [1.165, 1.54) is 25.3 Å². The van der Waals surface area contributed by atoms with Crippen LogP contribution in [0.3, 0.4) is 0 Å². The molecule has 0 radical (unpaired) electrons. The van der Waals surface area contributed by atoms with Crippen molar-refractivity contribution in [2.75, 3.05) is 13.1 Å². The molecule has 1 aromatic rings. The van der Waals surface area contributed by atoms with Crippen LogP contribution in [0.4, 0.5) is 4.39 Å². The van der Waals surface area contributed by atoms with E-state index in [0.717, 1.165) is 29.5 Å². The van der Waals surface area contributed by atoms with Crippen molar-refractivity contribution < 1.29 is 4.39 Å². The predicted molar refractivity (Wildman–Crippen MR) is 81.8 cm³/mol. The van der Waals surface area contributed by atoms with Gasteiger partial charge in [-0.25, -0.2) is 4.39 Å². The van der Waals surface area contributed by atoms with Gasteiger partial charge in [0.2, 0.25) is 0 Å². The molecule has 19 heavy (non-hydrogen) atoms. The molecule has 0 aliphatic heterocycles. The standard InChI is InChI=1S/C16H23BrFN/c1-12(2)10-19-11-16(4-3-5-16)9-13-6-14(17)8-15(18)7-13/h6-8,12,19H,3-5,9-11H2,1-2H3. The molecule has 0 heterocycles. The van der Waals surface area contributed by atoms with Crippen LogP contribution >= 0.6 is 15.9 Å². The van der Waals surface area contributed by atoms with Gasteiger partial charge in [0.1, 0.15) is 5.82 Å². The van der Waals surface area contributed by atoms with Crippen molar-refractivity contribution >= 4 is 15.9 Å². The van der Waals surface area contributed by atoms with Gasteiger partial charge in [0.25, 0.3) is 0 Å². The topological polar surface area (TPSA) is 12.0 Å². The molecule has 2 rings (SSSR count). The highest BCUT2D eigenvalue weighted by molar-refractivity contribution is 9.10. The van der Waals surface area contributed by atoms with Gasteiger partial charge >= 0.3 is 0 Å². The van der Waals surface area contributed by atoms with Crippen LogP contribution in [0.2, 0.25) is 0 Å². The summed E-state index contributed by atoms with van der Waals surface area (Å²) in [4.78, 5) is 0. The highest BCUT2D eigenvalue weighted by Gasteiger charge is 2.36. The van der Waals surface area contributed by atoms with E-state index < -0.39 is 0 Å². The highest BCUT2D eigenvalue weighted by atomic mass is 79.9. The normalized spacial score (nSPS) is 17.5. The fourth-order valence-corrected chi connectivity index (χ4v) is 3.38. The zero-order valence-electron chi connectivity index (χ0n) is 11.8. The number of benzene rings is 1. The minimum Gasteiger partial charge on any atom is -0.316 e. The average Bonchev–Trinajstić information content (AvgIpc) is 2.23. The summed E-state index contributed by atoms with van der Waals surface area (Å²) in [6, 6.07) is 5.24. The van der Waals surface area contributed by atoms with E-state index in [0.29, 0.717) is 11.3 Å². The maximum absolute atomic E-state index is 13.4. The van der Waals surface area contributed by atoms with Crippen LogP contribution in [0.1, 0.15) is 38.7 Å². The van der Waals surface area contributed by atoms with Crippen molar-refractivity contribution in [2.45, 2.75) is 39.5 Å². The van der Waals surface area contributed by atoms with Gasteiger partial charge in [-0.1, -0.05) is 36.2 Å². The molecule has 3 heteroatoms. The summed E-state index contributed by atoms with van der Waals surface area (Å²) in [6.07, 6.45) is 4.80. The van der Waals surface area contributed by atoms with Crippen LogP contribution in [0.15, 0.2) is 22.7 Å². The monoisotopic (exact) mass is 327 g/mol. The Bertz CT molecular complexity index is 407. The molecule has 0 spiro atoms. The smallest absolute Gasteiger partial charge is 0.124 e. The van der Waals surface area contributed by atoms with Crippen LogP contribution in [-0.2, 0) is 6.42 Å². The summed E-state index contributed by atoms with van der Waals surface area (Å²) >= 11 is 3.38. The summed E-state index contributed by atoms with van der Waals surface area (Å²) in [6.45, 7) is 6.57. The molecular weight excluding hydrogens is 305 g/mol. The molecule has 0 bridgehead atoms. The van der Waals surface area contributed by atoms with Crippen molar-refractivity contribution in [3.05, 3.63) is 34.1 Å². The second kappa shape index (κ2) is 6.36.